The van der Waals surface area contributed by atoms with Gasteiger partial charge in [0, 0.05) is 23.2 Å². The van der Waals surface area contributed by atoms with E-state index in [0.29, 0.717) is 12.1 Å². The molecule has 1 aromatic rings. The summed E-state index contributed by atoms with van der Waals surface area (Å²) in [7, 11) is 0. The molecule has 0 saturated carbocycles. The van der Waals surface area contributed by atoms with E-state index in [-0.39, 0.29) is 11.9 Å². The van der Waals surface area contributed by atoms with Crippen molar-refractivity contribution in [3.8, 4) is 0 Å². The zero-order chi connectivity index (χ0) is 12.4. The largest absolute Gasteiger partial charge is 0.409 e. The second-order valence-corrected chi connectivity index (χ2v) is 4.86. The van der Waals surface area contributed by atoms with Gasteiger partial charge in [-0.25, -0.2) is 0 Å². The number of hydrogen-bond acceptors (Lipinski definition) is 4. The number of anilines is 1. The number of amidine groups is 1. The maximum atomic E-state index is 9.55. The summed E-state index contributed by atoms with van der Waals surface area (Å²) in [5, 5.41) is 21.4. The molecule has 0 aromatic heterocycles. The molecule has 1 saturated heterocycles. The maximum Gasteiger partial charge on any atom is 0.173 e. The van der Waals surface area contributed by atoms with Gasteiger partial charge in [-0.05, 0) is 34.5 Å². The van der Waals surface area contributed by atoms with Crippen LogP contribution in [0.2, 0.25) is 0 Å². The molecule has 0 bridgehead atoms. The summed E-state index contributed by atoms with van der Waals surface area (Å²) < 4.78 is 0.770. The first-order valence-electron chi connectivity index (χ1n) is 5.33. The molecule has 4 N–H and O–H groups in total. The number of aliphatic hydroxyl groups is 1. The summed E-state index contributed by atoms with van der Waals surface area (Å²) in [6.07, 6.45) is 0.427. The molecule has 1 fully saturated rings. The lowest BCUT2D eigenvalue weighted by molar-refractivity contribution is 0.198. The van der Waals surface area contributed by atoms with Crippen LogP contribution in [0.3, 0.4) is 0 Å². The van der Waals surface area contributed by atoms with E-state index in [2.05, 4.69) is 21.1 Å². The first-order valence-corrected chi connectivity index (χ1v) is 6.12. The van der Waals surface area contributed by atoms with Gasteiger partial charge in [0.25, 0.3) is 0 Å². The third-order valence-corrected chi connectivity index (χ3v) is 3.52. The van der Waals surface area contributed by atoms with Crippen LogP contribution >= 0.6 is 15.9 Å². The van der Waals surface area contributed by atoms with Crippen LogP contribution in [0.1, 0.15) is 12.0 Å². The molecule has 1 heterocycles. The predicted octanol–water partition coefficient (Wildman–Crippen LogP) is 1.11. The molecule has 0 spiro atoms. The summed E-state index contributed by atoms with van der Waals surface area (Å²) in [6.45, 7) is 1.34. The van der Waals surface area contributed by atoms with Crippen molar-refractivity contribution in [1.29, 1.82) is 0 Å². The Hall–Kier alpha value is -1.27. The van der Waals surface area contributed by atoms with Gasteiger partial charge in [-0.1, -0.05) is 11.2 Å². The fourth-order valence-electron chi connectivity index (χ4n) is 2.04. The van der Waals surface area contributed by atoms with E-state index in [1.807, 2.05) is 23.1 Å². The molecule has 1 aliphatic heterocycles. The van der Waals surface area contributed by atoms with Crippen LogP contribution in [0.15, 0.2) is 27.8 Å². The molecule has 0 amide bonds. The Morgan fingerprint density at radius 3 is 2.88 bits per heavy atom. The third-order valence-electron chi connectivity index (χ3n) is 2.86. The minimum Gasteiger partial charge on any atom is -0.409 e. The zero-order valence-electron chi connectivity index (χ0n) is 9.17. The van der Waals surface area contributed by atoms with E-state index in [1.54, 1.807) is 0 Å². The zero-order valence-corrected chi connectivity index (χ0v) is 10.8. The number of aliphatic hydroxyl groups excluding tert-OH is 1. The number of benzene rings is 1. The van der Waals surface area contributed by atoms with Gasteiger partial charge in [-0.2, -0.15) is 0 Å². The molecule has 1 unspecified atom stereocenters. The van der Waals surface area contributed by atoms with Crippen LogP contribution in [-0.2, 0) is 0 Å². The van der Waals surface area contributed by atoms with Gasteiger partial charge in [-0.15, -0.1) is 0 Å². The Bertz CT molecular complexity index is 450. The highest BCUT2D eigenvalue weighted by Crippen LogP contribution is 2.30. The summed E-state index contributed by atoms with van der Waals surface area (Å²) in [6, 6.07) is 5.62. The maximum absolute atomic E-state index is 9.55. The van der Waals surface area contributed by atoms with E-state index >= 15 is 0 Å². The first kappa shape index (κ1) is 12.2. The highest BCUT2D eigenvalue weighted by Gasteiger charge is 2.24. The Morgan fingerprint density at radius 2 is 2.29 bits per heavy atom. The Morgan fingerprint density at radius 1 is 1.53 bits per heavy atom. The van der Waals surface area contributed by atoms with Crippen LogP contribution in [-0.4, -0.2) is 35.3 Å². The van der Waals surface area contributed by atoms with Crippen molar-refractivity contribution in [2.24, 2.45) is 10.9 Å². The van der Waals surface area contributed by atoms with Crippen LogP contribution in [0, 0.1) is 0 Å². The molecule has 92 valence electrons. The number of oxime groups is 1. The number of nitrogens with zero attached hydrogens (tertiary/aromatic N) is 2. The van der Waals surface area contributed by atoms with Crippen molar-refractivity contribution < 1.29 is 10.3 Å². The topological polar surface area (TPSA) is 82.1 Å². The van der Waals surface area contributed by atoms with Gasteiger partial charge in [0.05, 0.1) is 11.7 Å². The minimum atomic E-state index is -0.311. The number of β-amino-alcohol motifs (C(OH)–C–C–N with tert-alkyl or cyclic N) is 1. The highest BCUT2D eigenvalue weighted by atomic mass is 79.9. The van der Waals surface area contributed by atoms with Crippen LogP contribution < -0.4 is 10.6 Å². The Balaban J connectivity index is 2.43. The van der Waals surface area contributed by atoms with Crippen molar-refractivity contribution in [2.45, 2.75) is 12.5 Å². The Labute approximate surface area is 108 Å². The number of halogens is 1. The monoisotopic (exact) mass is 299 g/mol. The van der Waals surface area contributed by atoms with Crippen molar-refractivity contribution in [3.63, 3.8) is 0 Å². The second-order valence-electron chi connectivity index (χ2n) is 4.01. The normalized spacial score (nSPS) is 20.9. The molecule has 17 heavy (non-hydrogen) atoms. The third kappa shape index (κ3) is 2.37. The lowest BCUT2D eigenvalue weighted by atomic mass is 10.1. The van der Waals surface area contributed by atoms with Crippen molar-refractivity contribution in [3.05, 3.63) is 28.2 Å². The van der Waals surface area contributed by atoms with Gasteiger partial charge >= 0.3 is 0 Å². The van der Waals surface area contributed by atoms with Gasteiger partial charge in [0.1, 0.15) is 0 Å². The Kier molecular flexibility index (Phi) is 3.54. The fraction of sp³-hybridized carbons (Fsp3) is 0.364. The standard InChI is InChI=1S/C11H14BrN3O2/c12-8-2-1-3-9(10(8)11(13)14-17)15-5-4-7(16)6-15/h1-3,7,16-17H,4-6H2,(H2,13,14). The van der Waals surface area contributed by atoms with E-state index in [0.717, 1.165) is 23.1 Å². The second kappa shape index (κ2) is 4.93. The lowest BCUT2D eigenvalue weighted by Gasteiger charge is -2.21. The molecule has 1 atom stereocenters. The minimum absolute atomic E-state index is 0.0638. The lowest BCUT2D eigenvalue weighted by Crippen LogP contribution is -2.25. The van der Waals surface area contributed by atoms with Crippen LogP contribution in [0.5, 0.6) is 0 Å². The molecule has 1 aliphatic rings. The van der Waals surface area contributed by atoms with E-state index in [4.69, 9.17) is 10.9 Å². The van der Waals surface area contributed by atoms with Crippen molar-refractivity contribution in [2.75, 3.05) is 18.0 Å². The van der Waals surface area contributed by atoms with Gasteiger partial charge < -0.3 is 20.9 Å². The average Bonchev–Trinajstić information content (AvgIpc) is 2.74. The highest BCUT2D eigenvalue weighted by molar-refractivity contribution is 9.10. The number of hydrogen-bond donors (Lipinski definition) is 3. The molecule has 2 rings (SSSR count). The number of rotatable bonds is 2. The summed E-state index contributed by atoms with van der Waals surface area (Å²) in [5.74, 6) is 0.0638. The van der Waals surface area contributed by atoms with Gasteiger partial charge in [0.2, 0.25) is 0 Å². The fourth-order valence-corrected chi connectivity index (χ4v) is 2.60. The summed E-state index contributed by atoms with van der Waals surface area (Å²) in [4.78, 5) is 2.03. The van der Waals surface area contributed by atoms with E-state index < -0.39 is 0 Å². The van der Waals surface area contributed by atoms with Gasteiger partial charge in [-0.3, -0.25) is 0 Å². The SMILES string of the molecule is N/C(=N/O)c1c(Br)cccc1N1CCC(O)C1. The van der Waals surface area contributed by atoms with E-state index in [9.17, 15) is 5.11 Å². The number of nitrogens with two attached hydrogens (primary N) is 1. The average molecular weight is 300 g/mol. The quantitative estimate of drug-likeness (QED) is 0.331. The first-order chi connectivity index (χ1) is 8.13. The summed E-state index contributed by atoms with van der Waals surface area (Å²) >= 11 is 3.39. The van der Waals surface area contributed by atoms with Gasteiger partial charge in [0.15, 0.2) is 5.84 Å². The molecule has 5 nitrogen and oxygen atoms in total. The predicted molar refractivity (Wildman–Crippen MR) is 69.5 cm³/mol. The van der Waals surface area contributed by atoms with Crippen molar-refractivity contribution in [1.82, 2.24) is 0 Å². The molecule has 0 radical (unpaired) electrons. The molecular weight excluding hydrogens is 286 g/mol. The van der Waals surface area contributed by atoms with Crippen LogP contribution in [0.25, 0.3) is 0 Å². The van der Waals surface area contributed by atoms with Crippen LogP contribution in [0.4, 0.5) is 5.69 Å². The smallest absolute Gasteiger partial charge is 0.173 e. The molecular formula is C11H14BrN3O2. The molecule has 1 aromatic carbocycles. The van der Waals surface area contributed by atoms with Crippen molar-refractivity contribution >= 4 is 27.5 Å². The molecule has 0 aliphatic carbocycles. The summed E-state index contributed by atoms with van der Waals surface area (Å²) in [5.41, 5.74) is 7.20. The molecule has 6 heteroatoms. The van der Waals surface area contributed by atoms with E-state index in [1.165, 1.54) is 0 Å².